The van der Waals surface area contributed by atoms with Crippen molar-refractivity contribution < 1.29 is 9.90 Å². The molecule has 0 aromatic rings. The van der Waals surface area contributed by atoms with Crippen LogP contribution in [-0.4, -0.2) is 47.6 Å². The molecule has 14 heavy (non-hydrogen) atoms. The molecular weight excluding hydrogens is 198 g/mol. The molecule has 2 aliphatic rings. The lowest BCUT2D eigenvalue weighted by Gasteiger charge is -2.55. The van der Waals surface area contributed by atoms with E-state index in [-0.39, 0.29) is 0 Å². The predicted molar refractivity (Wildman–Crippen MR) is 57.6 cm³/mol. The lowest BCUT2D eigenvalue weighted by molar-refractivity contribution is -0.141. The number of carbonyl (C=O) groups is 1. The molecule has 2 saturated heterocycles. The zero-order chi connectivity index (χ0) is 10.2. The summed E-state index contributed by atoms with van der Waals surface area (Å²) < 4.78 is 0. The molecule has 1 spiro atoms. The molecular formula is C10H17NO2S. The van der Waals surface area contributed by atoms with Crippen LogP contribution in [0.3, 0.4) is 0 Å². The largest absolute Gasteiger partial charge is 0.481 e. The van der Waals surface area contributed by atoms with E-state index in [1.165, 1.54) is 0 Å². The number of hydrogen-bond donors (Lipinski definition) is 1. The average Bonchev–Trinajstić information content (AvgIpc) is 2.05. The Kier molecular flexibility index (Phi) is 2.75. The summed E-state index contributed by atoms with van der Waals surface area (Å²) in [5.41, 5.74) is 0.329. The number of thioether (sulfide) groups is 1. The SMILES string of the molecule is CN1CC2(CSCCC2CC(=O)O)C1. The minimum atomic E-state index is -0.629. The van der Waals surface area contributed by atoms with Gasteiger partial charge in [0.2, 0.25) is 0 Å². The summed E-state index contributed by atoms with van der Waals surface area (Å²) in [6.07, 6.45) is 1.46. The third kappa shape index (κ3) is 1.77. The normalized spacial score (nSPS) is 31.4. The Balaban J connectivity index is 2.01. The zero-order valence-corrected chi connectivity index (χ0v) is 9.35. The van der Waals surface area contributed by atoms with E-state index in [4.69, 9.17) is 5.11 Å². The Hall–Kier alpha value is -0.220. The van der Waals surface area contributed by atoms with E-state index in [0.717, 1.165) is 31.0 Å². The molecule has 0 bridgehead atoms. The van der Waals surface area contributed by atoms with Crippen molar-refractivity contribution >= 4 is 17.7 Å². The molecule has 2 heterocycles. The van der Waals surface area contributed by atoms with Crippen molar-refractivity contribution in [3.63, 3.8) is 0 Å². The predicted octanol–water partition coefficient (Wildman–Crippen LogP) is 1.15. The number of aliphatic carboxylic acids is 1. The van der Waals surface area contributed by atoms with Crippen LogP contribution in [-0.2, 0) is 4.79 Å². The van der Waals surface area contributed by atoms with Crippen LogP contribution in [0.4, 0.5) is 0 Å². The fraction of sp³-hybridized carbons (Fsp3) is 0.900. The number of carboxylic acid groups (broad SMARTS) is 1. The summed E-state index contributed by atoms with van der Waals surface area (Å²) in [5, 5.41) is 8.86. The molecule has 0 saturated carbocycles. The molecule has 1 N–H and O–H groups in total. The van der Waals surface area contributed by atoms with Crippen LogP contribution in [0.2, 0.25) is 0 Å². The second kappa shape index (κ2) is 3.74. The Labute approximate surface area is 88.9 Å². The second-order valence-electron chi connectivity index (χ2n) is 4.67. The average molecular weight is 215 g/mol. The van der Waals surface area contributed by atoms with Crippen molar-refractivity contribution in [2.45, 2.75) is 12.8 Å². The molecule has 2 aliphatic heterocycles. The third-order valence-electron chi connectivity index (χ3n) is 3.46. The van der Waals surface area contributed by atoms with Gasteiger partial charge in [0.1, 0.15) is 0 Å². The van der Waals surface area contributed by atoms with Crippen molar-refractivity contribution in [3.05, 3.63) is 0 Å². The summed E-state index contributed by atoms with van der Waals surface area (Å²) in [7, 11) is 2.11. The summed E-state index contributed by atoms with van der Waals surface area (Å²) >= 11 is 1.99. The maximum absolute atomic E-state index is 10.8. The van der Waals surface area contributed by atoms with E-state index in [9.17, 15) is 4.79 Å². The van der Waals surface area contributed by atoms with E-state index < -0.39 is 5.97 Å². The molecule has 80 valence electrons. The van der Waals surface area contributed by atoms with Crippen molar-refractivity contribution in [1.82, 2.24) is 4.90 Å². The minimum Gasteiger partial charge on any atom is -0.481 e. The zero-order valence-electron chi connectivity index (χ0n) is 8.53. The summed E-state index contributed by atoms with van der Waals surface area (Å²) in [5.74, 6) is 2.09. The topological polar surface area (TPSA) is 40.5 Å². The smallest absolute Gasteiger partial charge is 0.303 e. The van der Waals surface area contributed by atoms with Gasteiger partial charge in [-0.25, -0.2) is 0 Å². The van der Waals surface area contributed by atoms with Crippen LogP contribution in [0.5, 0.6) is 0 Å². The number of carboxylic acids is 1. The lowest BCUT2D eigenvalue weighted by atomic mass is 9.68. The van der Waals surface area contributed by atoms with Gasteiger partial charge in [-0.1, -0.05) is 0 Å². The lowest BCUT2D eigenvalue weighted by Crippen LogP contribution is -2.61. The molecule has 0 radical (unpaired) electrons. The van der Waals surface area contributed by atoms with Gasteiger partial charge in [0.15, 0.2) is 0 Å². The quantitative estimate of drug-likeness (QED) is 0.750. The van der Waals surface area contributed by atoms with Crippen LogP contribution in [0, 0.1) is 11.3 Å². The molecule has 2 fully saturated rings. The first-order chi connectivity index (χ1) is 6.62. The van der Waals surface area contributed by atoms with Gasteiger partial charge in [-0.15, -0.1) is 0 Å². The van der Waals surface area contributed by atoms with Gasteiger partial charge in [0, 0.05) is 30.7 Å². The van der Waals surface area contributed by atoms with Gasteiger partial charge in [-0.2, -0.15) is 11.8 Å². The molecule has 0 amide bonds. The van der Waals surface area contributed by atoms with Gasteiger partial charge >= 0.3 is 5.97 Å². The molecule has 0 aliphatic carbocycles. The maximum atomic E-state index is 10.8. The minimum absolute atomic E-state index is 0.329. The first kappa shape index (κ1) is 10.3. The van der Waals surface area contributed by atoms with Gasteiger partial charge in [0.25, 0.3) is 0 Å². The fourth-order valence-electron chi connectivity index (χ4n) is 2.83. The van der Waals surface area contributed by atoms with Crippen LogP contribution < -0.4 is 0 Å². The first-order valence-corrected chi connectivity index (χ1v) is 6.26. The van der Waals surface area contributed by atoms with Gasteiger partial charge in [0.05, 0.1) is 0 Å². The Bertz CT molecular complexity index is 233. The van der Waals surface area contributed by atoms with Crippen LogP contribution >= 0.6 is 11.8 Å². The highest BCUT2D eigenvalue weighted by Gasteiger charge is 2.48. The Morgan fingerprint density at radius 1 is 1.64 bits per heavy atom. The molecule has 3 nitrogen and oxygen atoms in total. The number of likely N-dealkylation sites (tertiary alicyclic amines) is 1. The highest BCUT2D eigenvalue weighted by Crippen LogP contribution is 2.47. The first-order valence-electron chi connectivity index (χ1n) is 5.10. The maximum Gasteiger partial charge on any atom is 0.303 e. The number of nitrogens with zero attached hydrogens (tertiary/aromatic N) is 1. The van der Waals surface area contributed by atoms with E-state index in [2.05, 4.69) is 11.9 Å². The van der Waals surface area contributed by atoms with Crippen molar-refractivity contribution in [2.24, 2.45) is 11.3 Å². The summed E-state index contributed by atoms with van der Waals surface area (Å²) in [4.78, 5) is 13.0. The van der Waals surface area contributed by atoms with Gasteiger partial charge < -0.3 is 10.0 Å². The van der Waals surface area contributed by atoms with E-state index in [1.807, 2.05) is 11.8 Å². The van der Waals surface area contributed by atoms with Gasteiger partial charge in [-0.05, 0) is 25.1 Å². The highest BCUT2D eigenvalue weighted by molar-refractivity contribution is 7.99. The van der Waals surface area contributed by atoms with Crippen molar-refractivity contribution in [1.29, 1.82) is 0 Å². The fourth-order valence-corrected chi connectivity index (χ4v) is 4.25. The van der Waals surface area contributed by atoms with Crippen LogP contribution in [0.25, 0.3) is 0 Å². The van der Waals surface area contributed by atoms with E-state index in [0.29, 0.717) is 17.8 Å². The van der Waals surface area contributed by atoms with Crippen LogP contribution in [0.1, 0.15) is 12.8 Å². The van der Waals surface area contributed by atoms with E-state index in [1.54, 1.807) is 0 Å². The molecule has 1 unspecified atom stereocenters. The molecule has 0 aromatic heterocycles. The molecule has 1 atom stereocenters. The molecule has 0 aromatic carbocycles. The third-order valence-corrected chi connectivity index (χ3v) is 4.76. The van der Waals surface area contributed by atoms with E-state index >= 15 is 0 Å². The van der Waals surface area contributed by atoms with Gasteiger partial charge in [-0.3, -0.25) is 4.79 Å². The summed E-state index contributed by atoms with van der Waals surface area (Å²) in [6, 6.07) is 0. The second-order valence-corrected chi connectivity index (χ2v) is 5.78. The Morgan fingerprint density at radius 3 is 2.93 bits per heavy atom. The van der Waals surface area contributed by atoms with Crippen molar-refractivity contribution in [2.75, 3.05) is 31.6 Å². The standard InChI is InChI=1S/C10H17NO2S/c1-11-5-10(6-11)7-14-3-2-8(10)4-9(12)13/h8H,2-7H2,1H3,(H,12,13). The highest BCUT2D eigenvalue weighted by atomic mass is 32.2. The Morgan fingerprint density at radius 2 is 2.36 bits per heavy atom. The summed E-state index contributed by atoms with van der Waals surface area (Å²) in [6.45, 7) is 2.19. The monoisotopic (exact) mass is 215 g/mol. The molecule has 2 rings (SSSR count). The number of rotatable bonds is 2. The number of hydrogen-bond acceptors (Lipinski definition) is 3. The van der Waals surface area contributed by atoms with Crippen LogP contribution in [0.15, 0.2) is 0 Å². The van der Waals surface area contributed by atoms with Crippen molar-refractivity contribution in [3.8, 4) is 0 Å². The molecule has 4 heteroatoms.